The Kier molecular flexibility index (Phi) is 3.97. The number of imidazole rings is 1. The van der Waals surface area contributed by atoms with Crippen LogP contribution in [0.4, 0.5) is 0 Å². The highest BCUT2D eigenvalue weighted by molar-refractivity contribution is 5.94. The maximum atomic E-state index is 12.8. The molecule has 1 aliphatic heterocycles. The van der Waals surface area contributed by atoms with E-state index in [1.54, 1.807) is 41.7 Å². The molecule has 0 aromatic carbocycles. The van der Waals surface area contributed by atoms with Gasteiger partial charge in [0.15, 0.2) is 0 Å². The Morgan fingerprint density at radius 2 is 2.24 bits per heavy atom. The lowest BCUT2D eigenvalue weighted by Crippen LogP contribution is -2.42. The molecule has 0 saturated carbocycles. The van der Waals surface area contributed by atoms with Crippen LogP contribution in [0.25, 0.3) is 11.5 Å². The first kappa shape index (κ1) is 15.4. The molecule has 0 bridgehead atoms. The number of hydrogen-bond donors (Lipinski definition) is 1. The van der Waals surface area contributed by atoms with Gasteiger partial charge in [-0.3, -0.25) is 9.59 Å². The first-order valence-corrected chi connectivity index (χ1v) is 8.26. The quantitative estimate of drug-likeness (QED) is 0.794. The predicted octanol–water partition coefficient (Wildman–Crippen LogP) is 2.31. The second-order valence-electron chi connectivity index (χ2n) is 6.15. The molecular weight excluding hydrogens is 320 g/mol. The Labute approximate surface area is 143 Å². The van der Waals surface area contributed by atoms with Crippen molar-refractivity contribution in [3.63, 3.8) is 0 Å². The van der Waals surface area contributed by atoms with Gasteiger partial charge < -0.3 is 18.9 Å². The van der Waals surface area contributed by atoms with Crippen LogP contribution in [0, 0.1) is 0 Å². The normalized spacial score (nSPS) is 17.6. The van der Waals surface area contributed by atoms with Crippen molar-refractivity contribution >= 4 is 5.91 Å². The molecule has 7 heteroatoms. The molecule has 1 N–H and O–H groups in total. The van der Waals surface area contributed by atoms with Gasteiger partial charge in [0, 0.05) is 25.5 Å². The Morgan fingerprint density at radius 1 is 1.32 bits per heavy atom. The number of amides is 1. The fourth-order valence-electron chi connectivity index (χ4n) is 3.26. The fraction of sp³-hybridized carbons (Fsp3) is 0.278. The maximum Gasteiger partial charge on any atom is 0.261 e. The van der Waals surface area contributed by atoms with Crippen molar-refractivity contribution in [2.45, 2.75) is 18.9 Å². The highest BCUT2D eigenvalue weighted by Crippen LogP contribution is 2.22. The molecule has 3 aromatic heterocycles. The molecule has 1 atom stereocenters. The third-order valence-electron chi connectivity index (χ3n) is 4.56. The standard InChI is InChI=1S/C18H18N4O3/c23-17-14(5-6-15(20-17)16-4-2-10-25-16)18(24)21-8-1-3-13(11-21)22-9-7-19-12-22/h2,4-7,9-10,12-13H,1,3,8,11H2,(H,20,23)/t13-/m0/s1. The largest absolute Gasteiger partial charge is 0.463 e. The number of aromatic nitrogens is 3. The second-order valence-corrected chi connectivity index (χ2v) is 6.15. The fourth-order valence-corrected chi connectivity index (χ4v) is 3.26. The van der Waals surface area contributed by atoms with Crippen LogP contribution in [0.2, 0.25) is 0 Å². The van der Waals surface area contributed by atoms with Crippen LogP contribution in [0.3, 0.4) is 0 Å². The van der Waals surface area contributed by atoms with Gasteiger partial charge in [-0.25, -0.2) is 4.98 Å². The average molecular weight is 338 g/mol. The van der Waals surface area contributed by atoms with Gasteiger partial charge in [0.05, 0.1) is 24.3 Å². The van der Waals surface area contributed by atoms with E-state index in [1.807, 2.05) is 10.8 Å². The van der Waals surface area contributed by atoms with Crippen molar-refractivity contribution in [1.29, 1.82) is 0 Å². The third-order valence-corrected chi connectivity index (χ3v) is 4.56. The minimum atomic E-state index is -0.399. The molecule has 0 aliphatic carbocycles. The number of rotatable bonds is 3. The Hall–Kier alpha value is -3.09. The van der Waals surface area contributed by atoms with Crippen LogP contribution in [0.5, 0.6) is 0 Å². The number of carbonyl (C=O) groups excluding carboxylic acids is 1. The zero-order chi connectivity index (χ0) is 17.2. The van der Waals surface area contributed by atoms with Crippen LogP contribution in [0.15, 0.2) is 58.5 Å². The predicted molar refractivity (Wildman–Crippen MR) is 91.2 cm³/mol. The summed E-state index contributed by atoms with van der Waals surface area (Å²) in [5.74, 6) is 0.325. The molecule has 25 heavy (non-hydrogen) atoms. The van der Waals surface area contributed by atoms with E-state index < -0.39 is 5.56 Å². The smallest absolute Gasteiger partial charge is 0.261 e. The lowest BCUT2D eigenvalue weighted by Gasteiger charge is -2.33. The summed E-state index contributed by atoms with van der Waals surface area (Å²) in [5, 5.41) is 0. The van der Waals surface area contributed by atoms with E-state index in [-0.39, 0.29) is 17.5 Å². The highest BCUT2D eigenvalue weighted by atomic mass is 16.3. The third kappa shape index (κ3) is 3.00. The van der Waals surface area contributed by atoms with Gasteiger partial charge in [0.25, 0.3) is 11.5 Å². The number of pyridine rings is 1. The van der Waals surface area contributed by atoms with Crippen LogP contribution in [-0.2, 0) is 0 Å². The van der Waals surface area contributed by atoms with Gasteiger partial charge >= 0.3 is 0 Å². The molecule has 128 valence electrons. The van der Waals surface area contributed by atoms with Crippen LogP contribution in [0.1, 0.15) is 29.2 Å². The summed E-state index contributed by atoms with van der Waals surface area (Å²) in [7, 11) is 0. The average Bonchev–Trinajstić information content (AvgIpc) is 3.35. The monoisotopic (exact) mass is 338 g/mol. The lowest BCUT2D eigenvalue weighted by molar-refractivity contribution is 0.0677. The number of likely N-dealkylation sites (tertiary alicyclic amines) is 1. The zero-order valence-corrected chi connectivity index (χ0v) is 13.6. The van der Waals surface area contributed by atoms with Gasteiger partial charge in [-0.15, -0.1) is 0 Å². The summed E-state index contributed by atoms with van der Waals surface area (Å²) in [5.41, 5.74) is 0.312. The molecule has 4 rings (SSSR count). The highest BCUT2D eigenvalue weighted by Gasteiger charge is 2.26. The van der Waals surface area contributed by atoms with E-state index in [0.717, 1.165) is 12.8 Å². The molecule has 1 aliphatic rings. The van der Waals surface area contributed by atoms with Gasteiger partial charge in [0.2, 0.25) is 0 Å². The first-order chi connectivity index (χ1) is 12.2. The summed E-state index contributed by atoms with van der Waals surface area (Å²) in [4.78, 5) is 33.7. The van der Waals surface area contributed by atoms with Gasteiger partial charge in [-0.2, -0.15) is 0 Å². The maximum absolute atomic E-state index is 12.8. The van der Waals surface area contributed by atoms with Crippen molar-refractivity contribution in [3.05, 3.63) is 65.2 Å². The van der Waals surface area contributed by atoms with Crippen LogP contribution in [-0.4, -0.2) is 38.4 Å². The second kappa shape index (κ2) is 6.43. The molecule has 1 amide bonds. The summed E-state index contributed by atoms with van der Waals surface area (Å²) < 4.78 is 7.29. The first-order valence-electron chi connectivity index (χ1n) is 8.26. The SMILES string of the molecule is O=C(c1ccc(-c2ccco2)[nH]c1=O)N1CCC[C@H](n2ccnc2)C1. The summed E-state index contributed by atoms with van der Waals surface area (Å²) in [6, 6.07) is 6.97. The number of H-pyrrole nitrogens is 1. The van der Waals surface area contributed by atoms with E-state index in [2.05, 4.69) is 9.97 Å². The van der Waals surface area contributed by atoms with E-state index in [9.17, 15) is 9.59 Å². The topological polar surface area (TPSA) is 84.1 Å². The molecule has 1 fully saturated rings. The minimum absolute atomic E-state index is 0.154. The van der Waals surface area contributed by atoms with E-state index in [1.165, 1.54) is 6.26 Å². The number of piperidine rings is 1. The van der Waals surface area contributed by atoms with Gasteiger partial charge in [0.1, 0.15) is 11.3 Å². The molecule has 7 nitrogen and oxygen atoms in total. The van der Waals surface area contributed by atoms with Crippen molar-refractivity contribution in [2.75, 3.05) is 13.1 Å². The van der Waals surface area contributed by atoms with Crippen molar-refractivity contribution < 1.29 is 9.21 Å². The molecule has 0 unspecified atom stereocenters. The lowest BCUT2D eigenvalue weighted by atomic mass is 10.0. The molecule has 3 aromatic rings. The molecule has 0 radical (unpaired) electrons. The number of aromatic amines is 1. The Bertz CT molecular complexity index is 912. The zero-order valence-electron chi connectivity index (χ0n) is 13.6. The van der Waals surface area contributed by atoms with Crippen molar-refractivity contribution in [3.8, 4) is 11.5 Å². The molecular formula is C18H18N4O3. The van der Waals surface area contributed by atoms with Crippen LogP contribution >= 0.6 is 0 Å². The van der Waals surface area contributed by atoms with Crippen molar-refractivity contribution in [1.82, 2.24) is 19.4 Å². The molecule has 4 heterocycles. The number of furan rings is 1. The Morgan fingerprint density at radius 3 is 2.96 bits per heavy atom. The van der Waals surface area contributed by atoms with E-state index in [0.29, 0.717) is 24.5 Å². The number of carbonyl (C=O) groups is 1. The summed E-state index contributed by atoms with van der Waals surface area (Å²) >= 11 is 0. The minimum Gasteiger partial charge on any atom is -0.463 e. The Balaban J connectivity index is 1.55. The van der Waals surface area contributed by atoms with E-state index >= 15 is 0 Å². The number of hydrogen-bond acceptors (Lipinski definition) is 4. The summed E-state index contributed by atoms with van der Waals surface area (Å²) in [6.45, 7) is 1.23. The molecule has 1 saturated heterocycles. The van der Waals surface area contributed by atoms with Crippen molar-refractivity contribution in [2.24, 2.45) is 0 Å². The van der Waals surface area contributed by atoms with Crippen LogP contribution < -0.4 is 5.56 Å². The van der Waals surface area contributed by atoms with Gasteiger partial charge in [-0.05, 0) is 37.1 Å². The molecule has 0 spiro atoms. The van der Waals surface area contributed by atoms with E-state index in [4.69, 9.17) is 4.42 Å². The number of nitrogens with one attached hydrogen (secondary N) is 1. The summed E-state index contributed by atoms with van der Waals surface area (Å²) in [6.07, 6.45) is 8.84. The van der Waals surface area contributed by atoms with Gasteiger partial charge in [-0.1, -0.05) is 0 Å². The number of nitrogens with zero attached hydrogens (tertiary/aromatic N) is 3.